The van der Waals surface area contributed by atoms with Crippen LogP contribution < -0.4 is 4.90 Å². The van der Waals surface area contributed by atoms with E-state index in [0.29, 0.717) is 0 Å². The van der Waals surface area contributed by atoms with Gasteiger partial charge in [-0.15, -0.1) is 0 Å². The van der Waals surface area contributed by atoms with Crippen molar-refractivity contribution in [2.24, 2.45) is 0 Å². The molecule has 0 atom stereocenters. The molecular formula is C67H44N2. The van der Waals surface area contributed by atoms with Crippen molar-refractivity contribution in [1.82, 2.24) is 4.57 Å². The Bertz CT molecular complexity index is 3820. The van der Waals surface area contributed by atoms with Gasteiger partial charge in [0.15, 0.2) is 0 Å². The molecule has 12 aromatic rings. The number of para-hydroxylation sites is 2. The van der Waals surface area contributed by atoms with Crippen molar-refractivity contribution >= 4 is 38.9 Å². The molecule has 2 heteroatoms. The maximum atomic E-state index is 2.37. The lowest BCUT2D eigenvalue weighted by atomic mass is 9.70. The van der Waals surface area contributed by atoms with E-state index in [1.165, 1.54) is 99.7 Å². The van der Waals surface area contributed by atoms with Crippen molar-refractivity contribution < 1.29 is 0 Å². The van der Waals surface area contributed by atoms with Crippen LogP contribution in [-0.4, -0.2) is 4.57 Å². The number of aromatic nitrogens is 1. The largest absolute Gasteiger partial charge is 0.311 e. The molecule has 1 heterocycles. The molecule has 2 nitrogen and oxygen atoms in total. The maximum absolute atomic E-state index is 2.37. The van der Waals surface area contributed by atoms with Gasteiger partial charge < -0.3 is 9.47 Å². The Morgan fingerprint density at radius 3 is 1.17 bits per heavy atom. The van der Waals surface area contributed by atoms with Crippen LogP contribution in [0.5, 0.6) is 0 Å². The predicted octanol–water partition coefficient (Wildman–Crippen LogP) is 17.6. The molecular weight excluding hydrogens is 833 g/mol. The van der Waals surface area contributed by atoms with E-state index in [9.17, 15) is 0 Å². The molecule has 0 aliphatic heterocycles. The standard InChI is InChI=1S/C67H44N2/c1-2-15-45(16-3-1)46-29-37-50(38-30-46)68(51-39-31-47(32-40-51)48-33-41-53(42-34-48)69-64-27-12-7-19-57(64)58-20-8-13-28-65(58)69)52-43-35-49(36-44-52)54-22-14-26-63-66(54)59-21-6-11-25-62(59)67(63)60-23-9-4-17-55(60)56-18-5-10-24-61(56)67/h1-44H. The molecule has 0 unspecified atom stereocenters. The van der Waals surface area contributed by atoms with E-state index in [1.54, 1.807) is 0 Å². The summed E-state index contributed by atoms with van der Waals surface area (Å²) < 4.78 is 2.37. The minimum atomic E-state index is -0.377. The van der Waals surface area contributed by atoms with Crippen LogP contribution >= 0.6 is 0 Å². The number of rotatable bonds is 7. The number of benzene rings is 11. The van der Waals surface area contributed by atoms with Gasteiger partial charge in [-0.1, -0.05) is 206 Å². The molecule has 0 saturated carbocycles. The zero-order valence-corrected chi connectivity index (χ0v) is 37.8. The second-order valence-electron chi connectivity index (χ2n) is 18.4. The summed E-state index contributed by atoms with van der Waals surface area (Å²) in [5.74, 6) is 0. The van der Waals surface area contributed by atoms with E-state index in [4.69, 9.17) is 0 Å². The van der Waals surface area contributed by atoms with Crippen molar-refractivity contribution in [3.05, 3.63) is 289 Å². The Labute approximate surface area is 402 Å². The lowest BCUT2D eigenvalue weighted by Gasteiger charge is -2.30. The van der Waals surface area contributed by atoms with E-state index in [2.05, 4.69) is 276 Å². The molecule has 0 radical (unpaired) electrons. The van der Waals surface area contributed by atoms with E-state index >= 15 is 0 Å². The molecule has 14 rings (SSSR count). The van der Waals surface area contributed by atoms with Gasteiger partial charge in [0.25, 0.3) is 0 Å². The normalized spacial score (nSPS) is 12.8. The number of hydrogen-bond acceptors (Lipinski definition) is 1. The fraction of sp³-hybridized carbons (Fsp3) is 0.0149. The quantitative estimate of drug-likeness (QED) is 0.155. The maximum Gasteiger partial charge on any atom is 0.0725 e. The van der Waals surface area contributed by atoms with Crippen molar-refractivity contribution in [1.29, 1.82) is 0 Å². The third kappa shape index (κ3) is 5.92. The van der Waals surface area contributed by atoms with Crippen molar-refractivity contribution in [2.45, 2.75) is 5.41 Å². The molecule has 0 N–H and O–H groups in total. The van der Waals surface area contributed by atoms with Gasteiger partial charge in [0.1, 0.15) is 0 Å². The topological polar surface area (TPSA) is 8.17 Å². The Hall–Kier alpha value is -8.98. The summed E-state index contributed by atoms with van der Waals surface area (Å²) in [5.41, 5.74) is 24.4. The second-order valence-corrected chi connectivity index (χ2v) is 18.4. The highest BCUT2D eigenvalue weighted by atomic mass is 15.1. The van der Waals surface area contributed by atoms with Gasteiger partial charge >= 0.3 is 0 Å². The molecule has 0 fully saturated rings. The summed E-state index contributed by atoms with van der Waals surface area (Å²) >= 11 is 0. The molecule has 11 aromatic carbocycles. The Morgan fingerprint density at radius 1 is 0.261 bits per heavy atom. The Kier molecular flexibility index (Phi) is 8.84. The lowest BCUT2D eigenvalue weighted by Crippen LogP contribution is -2.25. The fourth-order valence-corrected chi connectivity index (χ4v) is 11.9. The molecule has 1 spiro atoms. The fourth-order valence-electron chi connectivity index (χ4n) is 11.9. The Balaban J connectivity index is 0.844. The molecule has 0 amide bonds. The average molecular weight is 877 g/mol. The van der Waals surface area contributed by atoms with Crippen LogP contribution in [0.25, 0.3) is 83.1 Å². The number of anilines is 3. The molecule has 2 aliphatic carbocycles. The Morgan fingerprint density at radius 2 is 0.638 bits per heavy atom. The zero-order valence-electron chi connectivity index (χ0n) is 37.8. The van der Waals surface area contributed by atoms with Crippen LogP contribution in [0.2, 0.25) is 0 Å². The van der Waals surface area contributed by atoms with Gasteiger partial charge in [-0.05, 0) is 139 Å². The molecule has 0 bridgehead atoms. The first-order valence-corrected chi connectivity index (χ1v) is 23.9. The summed E-state index contributed by atoms with van der Waals surface area (Å²) in [4.78, 5) is 2.37. The van der Waals surface area contributed by atoms with Crippen LogP contribution in [0.3, 0.4) is 0 Å². The number of hydrogen-bond donors (Lipinski definition) is 0. The SMILES string of the molecule is c1ccc(-c2ccc(N(c3ccc(-c4ccc(-n5c6ccccc6c6ccccc65)cc4)cc3)c3ccc(-c4cccc5c4-c4ccccc4C54c5ccccc5-c5ccccc54)cc3)cc2)cc1. The van der Waals surface area contributed by atoms with E-state index in [-0.39, 0.29) is 5.41 Å². The molecule has 0 saturated heterocycles. The summed E-state index contributed by atoms with van der Waals surface area (Å²) in [7, 11) is 0. The zero-order chi connectivity index (χ0) is 45.5. The van der Waals surface area contributed by atoms with Gasteiger partial charge in [0.2, 0.25) is 0 Å². The number of nitrogens with zero attached hydrogens (tertiary/aromatic N) is 2. The molecule has 322 valence electrons. The average Bonchev–Trinajstić information content (AvgIpc) is 4.04. The molecule has 1 aromatic heterocycles. The summed E-state index contributed by atoms with van der Waals surface area (Å²) in [6.45, 7) is 0. The van der Waals surface area contributed by atoms with E-state index in [0.717, 1.165) is 22.7 Å². The van der Waals surface area contributed by atoms with Crippen molar-refractivity contribution in [3.8, 4) is 61.3 Å². The van der Waals surface area contributed by atoms with Gasteiger partial charge in [-0.25, -0.2) is 0 Å². The van der Waals surface area contributed by atoms with Crippen molar-refractivity contribution in [3.63, 3.8) is 0 Å². The smallest absolute Gasteiger partial charge is 0.0725 e. The van der Waals surface area contributed by atoms with Gasteiger partial charge in [-0.3, -0.25) is 0 Å². The minimum Gasteiger partial charge on any atom is -0.311 e. The highest BCUT2D eigenvalue weighted by Gasteiger charge is 2.51. The summed E-state index contributed by atoms with van der Waals surface area (Å²) in [5, 5.41) is 2.54. The van der Waals surface area contributed by atoms with Crippen LogP contribution in [-0.2, 0) is 5.41 Å². The highest BCUT2D eigenvalue weighted by molar-refractivity contribution is 6.09. The van der Waals surface area contributed by atoms with Crippen LogP contribution in [0.1, 0.15) is 22.3 Å². The molecule has 2 aliphatic rings. The second kappa shape index (κ2) is 15.6. The predicted molar refractivity (Wildman–Crippen MR) is 288 cm³/mol. The number of fused-ring (bicyclic) bond motifs is 13. The van der Waals surface area contributed by atoms with E-state index in [1.807, 2.05) is 0 Å². The lowest BCUT2D eigenvalue weighted by molar-refractivity contribution is 0.794. The van der Waals surface area contributed by atoms with Crippen molar-refractivity contribution in [2.75, 3.05) is 4.90 Å². The van der Waals surface area contributed by atoms with Gasteiger partial charge in [0, 0.05) is 33.5 Å². The first-order chi connectivity index (χ1) is 34.2. The van der Waals surface area contributed by atoms with Crippen LogP contribution in [0.4, 0.5) is 17.1 Å². The molecule has 69 heavy (non-hydrogen) atoms. The third-order valence-electron chi connectivity index (χ3n) is 14.9. The van der Waals surface area contributed by atoms with E-state index < -0.39 is 0 Å². The van der Waals surface area contributed by atoms with Crippen LogP contribution in [0.15, 0.2) is 267 Å². The van der Waals surface area contributed by atoms with Crippen LogP contribution in [0, 0.1) is 0 Å². The third-order valence-corrected chi connectivity index (χ3v) is 14.9. The first-order valence-electron chi connectivity index (χ1n) is 23.9. The highest BCUT2D eigenvalue weighted by Crippen LogP contribution is 2.64. The van der Waals surface area contributed by atoms with Gasteiger partial charge in [0.05, 0.1) is 16.4 Å². The summed E-state index contributed by atoms with van der Waals surface area (Å²) in [6.07, 6.45) is 0. The summed E-state index contributed by atoms with van der Waals surface area (Å²) in [6, 6.07) is 98.2. The minimum absolute atomic E-state index is 0.377. The monoisotopic (exact) mass is 876 g/mol. The van der Waals surface area contributed by atoms with Gasteiger partial charge in [-0.2, -0.15) is 0 Å². The first kappa shape index (κ1) is 39.2.